The molecule has 0 spiro atoms. The maximum absolute atomic E-state index is 12.8. The minimum atomic E-state index is -4.69. The number of nitro groups is 1. The highest BCUT2D eigenvalue weighted by Gasteiger charge is 2.33. The van der Waals surface area contributed by atoms with E-state index in [0.717, 1.165) is 17.7 Å². The Morgan fingerprint density at radius 2 is 1.82 bits per heavy atom. The molecule has 2 amide bonds. The van der Waals surface area contributed by atoms with Gasteiger partial charge in [-0.2, -0.15) is 13.2 Å². The summed E-state index contributed by atoms with van der Waals surface area (Å²) in [7, 11) is 0. The predicted octanol–water partition coefficient (Wildman–Crippen LogP) is 4.15. The molecule has 0 unspecified atom stereocenters. The molecule has 1 aliphatic rings. The number of hydrogen-bond acceptors (Lipinski definition) is 5. The number of likely N-dealkylation sites (tertiary alicyclic amines) is 1. The largest absolute Gasteiger partial charge is 0.416 e. The van der Waals surface area contributed by atoms with E-state index >= 15 is 0 Å². The number of benzene rings is 2. The Bertz CT molecular complexity index is 1070. The summed E-state index contributed by atoms with van der Waals surface area (Å²) in [5.74, 6) is -0.323. The summed E-state index contributed by atoms with van der Waals surface area (Å²) in [5.41, 5.74) is -0.396. The standard InChI is InChI=1S/C23H25F3N4O4/c1-15-4-2-3-5-18(15)22(32)28-17-9-12-29(13-10-17)21(31)8-11-27-19-7-6-16(23(24,25)26)14-20(19)30(33)34/h2-7,14,17,27H,8-13H2,1H3,(H,28,32). The molecule has 0 aromatic heterocycles. The molecular formula is C23H25F3N4O4. The van der Waals surface area contributed by atoms with E-state index in [1.165, 1.54) is 0 Å². The van der Waals surface area contributed by atoms with Crippen LogP contribution in [-0.2, 0) is 11.0 Å². The van der Waals surface area contributed by atoms with Crippen LogP contribution in [0.4, 0.5) is 24.5 Å². The Kier molecular flexibility index (Phi) is 7.75. The van der Waals surface area contributed by atoms with Gasteiger partial charge in [0.05, 0.1) is 10.5 Å². The number of anilines is 1. The molecule has 0 radical (unpaired) electrons. The molecule has 3 rings (SSSR count). The fraction of sp³-hybridized carbons (Fsp3) is 0.391. The van der Waals surface area contributed by atoms with Gasteiger partial charge in [-0.3, -0.25) is 19.7 Å². The van der Waals surface area contributed by atoms with Crippen LogP contribution >= 0.6 is 0 Å². The number of aryl methyl sites for hydroxylation is 1. The average Bonchev–Trinajstić information content (AvgIpc) is 2.79. The lowest BCUT2D eigenvalue weighted by molar-refractivity contribution is -0.384. The molecule has 2 aromatic carbocycles. The number of nitrogens with zero attached hydrogens (tertiary/aromatic N) is 2. The highest BCUT2D eigenvalue weighted by atomic mass is 19.4. The van der Waals surface area contributed by atoms with Crippen LogP contribution in [0.1, 0.15) is 40.7 Å². The van der Waals surface area contributed by atoms with Crippen molar-refractivity contribution in [1.29, 1.82) is 0 Å². The Morgan fingerprint density at radius 3 is 2.44 bits per heavy atom. The summed E-state index contributed by atoms with van der Waals surface area (Å²) in [6.45, 7) is 2.81. The fourth-order valence-corrected chi connectivity index (χ4v) is 3.83. The van der Waals surface area contributed by atoms with Crippen molar-refractivity contribution in [3.63, 3.8) is 0 Å². The van der Waals surface area contributed by atoms with E-state index in [1.807, 2.05) is 19.1 Å². The van der Waals surface area contributed by atoms with Gasteiger partial charge in [-0.25, -0.2) is 0 Å². The molecule has 0 atom stereocenters. The smallest absolute Gasteiger partial charge is 0.379 e. The lowest BCUT2D eigenvalue weighted by Gasteiger charge is -2.32. The molecule has 2 aromatic rings. The van der Waals surface area contributed by atoms with Crippen molar-refractivity contribution >= 4 is 23.2 Å². The van der Waals surface area contributed by atoms with Gasteiger partial charge in [0.2, 0.25) is 5.91 Å². The third kappa shape index (κ3) is 6.24. The van der Waals surface area contributed by atoms with Crippen molar-refractivity contribution in [2.24, 2.45) is 0 Å². The van der Waals surface area contributed by atoms with Crippen LogP contribution in [0.25, 0.3) is 0 Å². The van der Waals surface area contributed by atoms with Crippen molar-refractivity contribution in [3.8, 4) is 0 Å². The van der Waals surface area contributed by atoms with Gasteiger partial charge >= 0.3 is 6.18 Å². The molecule has 182 valence electrons. The van der Waals surface area contributed by atoms with Gasteiger partial charge in [0.25, 0.3) is 11.6 Å². The maximum Gasteiger partial charge on any atom is 0.416 e. The molecule has 0 bridgehead atoms. The van der Waals surface area contributed by atoms with Crippen LogP contribution in [0.15, 0.2) is 42.5 Å². The molecule has 2 N–H and O–H groups in total. The second-order valence-electron chi connectivity index (χ2n) is 8.11. The second kappa shape index (κ2) is 10.5. The number of rotatable bonds is 7. The molecule has 1 fully saturated rings. The first-order chi connectivity index (χ1) is 16.1. The second-order valence-corrected chi connectivity index (χ2v) is 8.11. The van der Waals surface area contributed by atoms with E-state index in [4.69, 9.17) is 0 Å². The van der Waals surface area contributed by atoms with E-state index in [9.17, 15) is 32.9 Å². The number of amides is 2. The van der Waals surface area contributed by atoms with E-state index in [-0.39, 0.29) is 36.5 Å². The zero-order valence-corrected chi connectivity index (χ0v) is 18.5. The first-order valence-electron chi connectivity index (χ1n) is 10.8. The quantitative estimate of drug-likeness (QED) is 0.460. The predicted molar refractivity (Wildman–Crippen MR) is 119 cm³/mol. The highest BCUT2D eigenvalue weighted by molar-refractivity contribution is 5.95. The van der Waals surface area contributed by atoms with Crippen molar-refractivity contribution in [1.82, 2.24) is 10.2 Å². The van der Waals surface area contributed by atoms with Crippen LogP contribution < -0.4 is 10.6 Å². The van der Waals surface area contributed by atoms with Crippen molar-refractivity contribution in [2.75, 3.05) is 25.0 Å². The summed E-state index contributed by atoms with van der Waals surface area (Å²) in [6.07, 6.45) is -3.47. The van der Waals surface area contributed by atoms with E-state index < -0.39 is 22.4 Å². The number of carbonyl (C=O) groups is 2. The summed E-state index contributed by atoms with van der Waals surface area (Å²) in [4.78, 5) is 36.9. The van der Waals surface area contributed by atoms with E-state index in [0.29, 0.717) is 37.6 Å². The number of hydrogen-bond donors (Lipinski definition) is 2. The number of piperidine rings is 1. The first kappa shape index (κ1) is 25.0. The first-order valence-corrected chi connectivity index (χ1v) is 10.8. The van der Waals surface area contributed by atoms with Gasteiger partial charge in [0.15, 0.2) is 0 Å². The zero-order chi connectivity index (χ0) is 24.9. The molecule has 0 aliphatic carbocycles. The summed E-state index contributed by atoms with van der Waals surface area (Å²) in [6, 6.07) is 9.46. The van der Waals surface area contributed by atoms with Crippen molar-refractivity contribution in [3.05, 3.63) is 69.3 Å². The van der Waals surface area contributed by atoms with Crippen LogP contribution in [0, 0.1) is 17.0 Å². The van der Waals surface area contributed by atoms with E-state index in [1.54, 1.807) is 17.0 Å². The summed E-state index contributed by atoms with van der Waals surface area (Å²) >= 11 is 0. The normalized spacial score (nSPS) is 14.5. The lowest BCUT2D eigenvalue weighted by Crippen LogP contribution is -2.46. The van der Waals surface area contributed by atoms with Crippen LogP contribution in [-0.4, -0.2) is 47.3 Å². The molecule has 1 heterocycles. The zero-order valence-electron chi connectivity index (χ0n) is 18.5. The molecule has 34 heavy (non-hydrogen) atoms. The average molecular weight is 478 g/mol. The Hall–Kier alpha value is -3.63. The van der Waals surface area contributed by atoms with Crippen molar-refractivity contribution < 1.29 is 27.7 Å². The van der Waals surface area contributed by atoms with Gasteiger partial charge in [0.1, 0.15) is 5.69 Å². The summed E-state index contributed by atoms with van der Waals surface area (Å²) < 4.78 is 38.4. The van der Waals surface area contributed by atoms with Crippen molar-refractivity contribution in [2.45, 2.75) is 38.4 Å². The highest BCUT2D eigenvalue weighted by Crippen LogP contribution is 2.34. The molecule has 1 saturated heterocycles. The van der Waals surface area contributed by atoms with E-state index in [2.05, 4.69) is 10.6 Å². The van der Waals surface area contributed by atoms with Gasteiger partial charge in [0, 0.05) is 43.7 Å². The molecule has 1 aliphatic heterocycles. The minimum Gasteiger partial charge on any atom is -0.379 e. The number of carbonyl (C=O) groups excluding carboxylic acids is 2. The summed E-state index contributed by atoms with van der Waals surface area (Å²) in [5, 5.41) is 16.8. The number of halogens is 3. The monoisotopic (exact) mass is 478 g/mol. The van der Waals surface area contributed by atoms with Gasteiger partial charge in [-0.15, -0.1) is 0 Å². The van der Waals surface area contributed by atoms with Gasteiger partial charge < -0.3 is 15.5 Å². The Balaban J connectivity index is 1.47. The number of nitro benzene ring substituents is 1. The minimum absolute atomic E-state index is 0.0262. The Morgan fingerprint density at radius 1 is 1.15 bits per heavy atom. The topological polar surface area (TPSA) is 105 Å². The van der Waals surface area contributed by atoms with Crippen LogP contribution in [0.3, 0.4) is 0 Å². The third-order valence-electron chi connectivity index (χ3n) is 5.75. The van der Waals surface area contributed by atoms with Gasteiger partial charge in [-0.05, 0) is 43.5 Å². The lowest BCUT2D eigenvalue weighted by atomic mass is 10.0. The molecule has 0 saturated carbocycles. The van der Waals surface area contributed by atoms with Crippen LogP contribution in [0.5, 0.6) is 0 Å². The third-order valence-corrected chi connectivity index (χ3v) is 5.75. The molecule has 11 heteroatoms. The Labute approximate surface area is 194 Å². The fourth-order valence-electron chi connectivity index (χ4n) is 3.83. The maximum atomic E-state index is 12.8. The van der Waals surface area contributed by atoms with Gasteiger partial charge in [-0.1, -0.05) is 18.2 Å². The molecular weight excluding hydrogens is 453 g/mol. The number of alkyl halides is 3. The SMILES string of the molecule is Cc1ccccc1C(=O)NC1CCN(C(=O)CCNc2ccc(C(F)(F)F)cc2[N+](=O)[O-])CC1. The van der Waals surface area contributed by atoms with Crippen LogP contribution in [0.2, 0.25) is 0 Å². The number of nitrogens with one attached hydrogen (secondary N) is 2. The molecule has 8 nitrogen and oxygen atoms in total.